The monoisotopic (exact) mass is 451 g/mol. The Balaban J connectivity index is 1.85. The second kappa shape index (κ2) is 7.20. The van der Waals surface area contributed by atoms with Crippen LogP contribution in [0.25, 0.3) is 21.5 Å². The molecule has 0 aliphatic heterocycles. The van der Waals surface area contributed by atoms with Gasteiger partial charge < -0.3 is 0 Å². The van der Waals surface area contributed by atoms with Gasteiger partial charge in [0, 0.05) is 0 Å². The predicted octanol–water partition coefficient (Wildman–Crippen LogP) is 4.51. The molecule has 27 heavy (non-hydrogen) atoms. The van der Waals surface area contributed by atoms with E-state index in [1.54, 1.807) is 7.16 Å². The van der Waals surface area contributed by atoms with Gasteiger partial charge >= 0.3 is 167 Å². The van der Waals surface area contributed by atoms with Crippen molar-refractivity contribution < 1.29 is 0 Å². The van der Waals surface area contributed by atoms with Gasteiger partial charge in [0.2, 0.25) is 0 Å². The van der Waals surface area contributed by atoms with Gasteiger partial charge in [-0.15, -0.1) is 0 Å². The van der Waals surface area contributed by atoms with Crippen LogP contribution in [0.15, 0.2) is 115 Å². The van der Waals surface area contributed by atoms with Crippen LogP contribution in [0.5, 0.6) is 0 Å². The molecule has 1 radical (unpaired) electrons. The van der Waals surface area contributed by atoms with Crippen molar-refractivity contribution in [3.63, 3.8) is 0 Å². The summed E-state index contributed by atoms with van der Waals surface area (Å²) in [5, 5.41) is 5.49. The molecule has 0 N–H and O–H groups in total. The molecule has 5 aromatic carbocycles. The Bertz CT molecular complexity index is 1130. The molecule has 0 heterocycles. The Kier molecular flexibility index (Phi) is 4.42. The van der Waals surface area contributed by atoms with E-state index in [9.17, 15) is 0 Å². The molecule has 0 bridgehead atoms. The molecule has 1 heteroatoms. The van der Waals surface area contributed by atoms with Crippen molar-refractivity contribution in [3.8, 4) is 0 Å². The van der Waals surface area contributed by atoms with Gasteiger partial charge in [0.1, 0.15) is 0 Å². The topological polar surface area (TPSA) is 0 Å². The first-order valence-corrected chi connectivity index (χ1v) is 13.6. The van der Waals surface area contributed by atoms with Crippen LogP contribution in [-0.4, -0.2) is 19.8 Å². The molecule has 0 aliphatic carbocycles. The minimum atomic E-state index is -2.36. The molecule has 0 aromatic heterocycles. The molecular formula is C26H19Sn. The van der Waals surface area contributed by atoms with Crippen LogP contribution in [0.1, 0.15) is 0 Å². The maximum atomic E-state index is 2.37. The number of fused-ring (bicyclic) bond motifs is 2. The fraction of sp³-hybridized carbons (Fsp3) is 0. The molecule has 127 valence electrons. The van der Waals surface area contributed by atoms with Crippen LogP contribution >= 0.6 is 0 Å². The van der Waals surface area contributed by atoms with E-state index in [0.717, 1.165) is 0 Å². The van der Waals surface area contributed by atoms with E-state index in [4.69, 9.17) is 0 Å². The van der Waals surface area contributed by atoms with E-state index in [0.29, 0.717) is 0 Å². The van der Waals surface area contributed by atoms with E-state index in [1.807, 2.05) is 0 Å². The third-order valence-corrected chi connectivity index (χ3v) is 13.3. The molecule has 0 aliphatic rings. The van der Waals surface area contributed by atoms with Crippen LogP contribution in [0.4, 0.5) is 0 Å². The molecule has 0 fully saturated rings. The summed E-state index contributed by atoms with van der Waals surface area (Å²) in [5.41, 5.74) is 0. The Morgan fingerprint density at radius 3 is 1.37 bits per heavy atom. The van der Waals surface area contributed by atoms with Gasteiger partial charge in [-0.3, -0.25) is 0 Å². The van der Waals surface area contributed by atoms with Gasteiger partial charge in [0.15, 0.2) is 0 Å². The zero-order chi connectivity index (χ0) is 18.1. The first kappa shape index (κ1) is 16.6. The molecule has 5 aromatic rings. The van der Waals surface area contributed by atoms with Crippen LogP contribution in [-0.2, 0) is 0 Å². The van der Waals surface area contributed by atoms with Crippen molar-refractivity contribution in [2.24, 2.45) is 0 Å². The molecule has 0 saturated carbocycles. The van der Waals surface area contributed by atoms with Crippen molar-refractivity contribution in [3.05, 3.63) is 115 Å². The summed E-state index contributed by atoms with van der Waals surface area (Å²) in [6.45, 7) is 0. The number of rotatable bonds is 3. The normalized spacial score (nSPS) is 11.3. The Hall–Kier alpha value is -2.58. The summed E-state index contributed by atoms with van der Waals surface area (Å²) >= 11 is -2.36. The zero-order valence-electron chi connectivity index (χ0n) is 15.0. The Labute approximate surface area is 166 Å². The predicted molar refractivity (Wildman–Crippen MR) is 119 cm³/mol. The summed E-state index contributed by atoms with van der Waals surface area (Å²) in [6, 6.07) is 42.5. The first-order chi connectivity index (χ1) is 13.4. The second-order valence-corrected chi connectivity index (χ2v) is 13.7. The minimum absolute atomic E-state index is 1.34. The van der Waals surface area contributed by atoms with Gasteiger partial charge in [-0.2, -0.15) is 0 Å². The third-order valence-electron chi connectivity index (χ3n) is 5.18. The quantitative estimate of drug-likeness (QED) is 0.355. The van der Waals surface area contributed by atoms with Gasteiger partial charge in [-0.25, -0.2) is 0 Å². The average Bonchev–Trinajstić information content (AvgIpc) is 2.75. The summed E-state index contributed by atoms with van der Waals surface area (Å²) < 4.78 is 4.63. The summed E-state index contributed by atoms with van der Waals surface area (Å²) in [4.78, 5) is 0. The molecule has 0 unspecified atom stereocenters. The molecule has 0 atom stereocenters. The van der Waals surface area contributed by atoms with E-state index in [1.165, 1.54) is 25.1 Å². The van der Waals surface area contributed by atoms with Gasteiger partial charge in [0.25, 0.3) is 0 Å². The van der Waals surface area contributed by atoms with Gasteiger partial charge in [0.05, 0.1) is 0 Å². The van der Waals surface area contributed by atoms with Crippen molar-refractivity contribution in [2.45, 2.75) is 0 Å². The number of hydrogen-bond donors (Lipinski definition) is 0. The second-order valence-electron chi connectivity index (χ2n) is 6.79. The van der Waals surface area contributed by atoms with Gasteiger partial charge in [-0.05, 0) is 0 Å². The van der Waals surface area contributed by atoms with Gasteiger partial charge in [-0.1, -0.05) is 0 Å². The van der Waals surface area contributed by atoms with Crippen LogP contribution in [0.2, 0.25) is 0 Å². The molecule has 0 amide bonds. The van der Waals surface area contributed by atoms with E-state index in [2.05, 4.69) is 115 Å². The summed E-state index contributed by atoms with van der Waals surface area (Å²) in [5.74, 6) is 0. The zero-order valence-corrected chi connectivity index (χ0v) is 17.8. The standard InChI is InChI=1S/2C10H7.C6H5.Sn/c2*1-2-6-10-8-4-3-7-9(10)5-1;1-2-4-6-5-3-1;/h2*1-7H;1-5H;. The average molecular weight is 450 g/mol. The molecule has 0 saturated heterocycles. The molecule has 0 spiro atoms. The summed E-state index contributed by atoms with van der Waals surface area (Å²) in [6.07, 6.45) is 0. The number of benzene rings is 5. The third kappa shape index (κ3) is 3.04. The van der Waals surface area contributed by atoms with Crippen LogP contribution in [0.3, 0.4) is 0 Å². The molecule has 5 rings (SSSR count). The van der Waals surface area contributed by atoms with E-state index >= 15 is 0 Å². The van der Waals surface area contributed by atoms with E-state index in [-0.39, 0.29) is 0 Å². The fourth-order valence-corrected chi connectivity index (χ4v) is 12.4. The van der Waals surface area contributed by atoms with Crippen molar-refractivity contribution >= 4 is 52.0 Å². The Morgan fingerprint density at radius 2 is 0.815 bits per heavy atom. The Morgan fingerprint density at radius 1 is 0.370 bits per heavy atom. The molecule has 0 nitrogen and oxygen atoms in total. The van der Waals surface area contributed by atoms with Crippen molar-refractivity contribution in [1.82, 2.24) is 0 Å². The van der Waals surface area contributed by atoms with Crippen molar-refractivity contribution in [2.75, 3.05) is 0 Å². The number of hydrogen-bond acceptors (Lipinski definition) is 0. The maximum absolute atomic E-state index is 2.37. The molecular weight excluding hydrogens is 431 g/mol. The SMILES string of the molecule is c1cc[c]([Sn]([c]2cccc3ccccc23)[c]2cccc3ccccc23)cc1. The van der Waals surface area contributed by atoms with Crippen molar-refractivity contribution in [1.29, 1.82) is 0 Å². The fourth-order valence-electron chi connectivity index (χ4n) is 3.95. The van der Waals surface area contributed by atoms with E-state index < -0.39 is 19.8 Å². The van der Waals surface area contributed by atoms with Crippen LogP contribution in [0, 0.1) is 0 Å². The first-order valence-electron chi connectivity index (χ1n) is 9.30. The van der Waals surface area contributed by atoms with Crippen LogP contribution < -0.4 is 10.7 Å². The summed E-state index contributed by atoms with van der Waals surface area (Å²) in [7, 11) is 0.